The Labute approximate surface area is 104 Å². The zero-order valence-electron chi connectivity index (χ0n) is 9.99. The zero-order valence-corrected chi connectivity index (χ0v) is 9.99. The molecule has 0 fully saturated rings. The number of pyridine rings is 1. The van der Waals surface area contributed by atoms with E-state index in [9.17, 15) is 4.79 Å². The smallest absolute Gasteiger partial charge is 0.192 e. The third-order valence-corrected chi connectivity index (χ3v) is 3.94. The van der Waals surface area contributed by atoms with E-state index in [1.54, 1.807) is 0 Å². The molecule has 18 heavy (non-hydrogen) atoms. The molecule has 1 aliphatic rings. The minimum atomic E-state index is 0.224. The lowest BCUT2D eigenvalue weighted by Gasteiger charge is -2.07. The molecular formula is C16H13NO. The second-order valence-corrected chi connectivity index (χ2v) is 4.97. The summed E-state index contributed by atoms with van der Waals surface area (Å²) in [4.78, 5) is 15.9. The number of aryl methyl sites for hydroxylation is 1. The first kappa shape index (κ1) is 9.89. The highest BCUT2D eigenvalue weighted by molar-refractivity contribution is 6.05. The van der Waals surface area contributed by atoms with Crippen molar-refractivity contribution in [2.45, 2.75) is 19.3 Å². The Morgan fingerprint density at radius 3 is 2.78 bits per heavy atom. The fourth-order valence-corrected chi connectivity index (χ4v) is 3.04. The maximum atomic E-state index is 12.4. The number of nitrogens with one attached hydrogen (secondary N) is 1. The number of benzene rings is 2. The summed E-state index contributed by atoms with van der Waals surface area (Å²) in [6.07, 6.45) is 3.02. The number of aromatic amines is 1. The molecule has 0 spiro atoms. The van der Waals surface area contributed by atoms with Gasteiger partial charge in [-0.1, -0.05) is 30.3 Å². The van der Waals surface area contributed by atoms with Crippen molar-refractivity contribution in [2.75, 3.05) is 0 Å². The molecule has 0 unspecified atom stereocenters. The molecule has 1 N–H and O–H groups in total. The van der Waals surface area contributed by atoms with Crippen LogP contribution in [0.2, 0.25) is 0 Å². The van der Waals surface area contributed by atoms with Gasteiger partial charge in [-0.2, -0.15) is 0 Å². The number of fused-ring (bicyclic) bond motifs is 4. The van der Waals surface area contributed by atoms with E-state index in [-0.39, 0.29) is 5.43 Å². The quantitative estimate of drug-likeness (QED) is 0.596. The monoisotopic (exact) mass is 235 g/mol. The third kappa shape index (κ3) is 1.20. The van der Waals surface area contributed by atoms with E-state index >= 15 is 0 Å². The molecule has 0 saturated heterocycles. The Morgan fingerprint density at radius 1 is 0.944 bits per heavy atom. The van der Waals surface area contributed by atoms with Crippen molar-refractivity contribution in [3.63, 3.8) is 0 Å². The van der Waals surface area contributed by atoms with E-state index in [1.165, 1.54) is 5.39 Å². The van der Waals surface area contributed by atoms with Gasteiger partial charge >= 0.3 is 0 Å². The SMILES string of the molecule is O=c1c2c([nH]c3c1ccc1ccccc13)CCC2. The molecule has 0 bridgehead atoms. The molecule has 2 nitrogen and oxygen atoms in total. The van der Waals surface area contributed by atoms with Gasteiger partial charge in [0.2, 0.25) is 0 Å². The largest absolute Gasteiger partial charge is 0.357 e. The Balaban J connectivity index is 2.27. The summed E-state index contributed by atoms with van der Waals surface area (Å²) in [5.74, 6) is 0. The molecule has 3 aromatic rings. The third-order valence-electron chi connectivity index (χ3n) is 3.94. The molecule has 1 heterocycles. The van der Waals surface area contributed by atoms with Gasteiger partial charge in [0.1, 0.15) is 0 Å². The molecule has 0 aliphatic heterocycles. The lowest BCUT2D eigenvalue weighted by molar-refractivity contribution is 0.900. The molecule has 2 heteroatoms. The van der Waals surface area contributed by atoms with E-state index in [4.69, 9.17) is 0 Å². The molecule has 0 radical (unpaired) electrons. The van der Waals surface area contributed by atoms with Crippen LogP contribution in [0.4, 0.5) is 0 Å². The second-order valence-electron chi connectivity index (χ2n) is 4.97. The first-order valence-electron chi connectivity index (χ1n) is 6.40. The van der Waals surface area contributed by atoms with Crippen LogP contribution in [0, 0.1) is 0 Å². The molecular weight excluding hydrogens is 222 g/mol. The summed E-state index contributed by atoms with van der Waals surface area (Å²) in [6, 6.07) is 12.2. The van der Waals surface area contributed by atoms with Crippen LogP contribution in [0.5, 0.6) is 0 Å². The molecule has 0 atom stereocenters. The van der Waals surface area contributed by atoms with E-state index < -0.39 is 0 Å². The standard InChI is InChI=1S/C16H13NO/c18-16-12-6-3-7-14(12)17-15-11-5-2-1-4-10(11)8-9-13(15)16/h1-2,4-5,8-9H,3,6-7H2,(H,17,18). The van der Waals surface area contributed by atoms with Crippen molar-refractivity contribution < 1.29 is 0 Å². The maximum Gasteiger partial charge on any atom is 0.192 e. The van der Waals surface area contributed by atoms with Gasteiger partial charge in [-0.15, -0.1) is 0 Å². The number of hydrogen-bond donors (Lipinski definition) is 1. The Morgan fingerprint density at radius 2 is 1.83 bits per heavy atom. The summed E-state index contributed by atoms with van der Waals surface area (Å²) < 4.78 is 0. The van der Waals surface area contributed by atoms with Gasteiger partial charge in [0, 0.05) is 22.0 Å². The molecule has 2 aromatic carbocycles. The van der Waals surface area contributed by atoms with E-state index in [0.29, 0.717) is 0 Å². The van der Waals surface area contributed by atoms with Crippen LogP contribution in [0.15, 0.2) is 41.2 Å². The Kier molecular flexibility index (Phi) is 1.90. The predicted octanol–water partition coefficient (Wildman–Crippen LogP) is 3.17. The number of rotatable bonds is 0. The summed E-state index contributed by atoms with van der Waals surface area (Å²) in [7, 11) is 0. The van der Waals surface area contributed by atoms with Gasteiger partial charge in [-0.05, 0) is 30.7 Å². The highest BCUT2D eigenvalue weighted by atomic mass is 16.1. The summed E-state index contributed by atoms with van der Waals surface area (Å²) in [5, 5.41) is 3.15. The van der Waals surface area contributed by atoms with Gasteiger partial charge in [0.15, 0.2) is 5.43 Å². The highest BCUT2D eigenvalue weighted by Gasteiger charge is 2.17. The average molecular weight is 235 g/mol. The average Bonchev–Trinajstić information content (AvgIpc) is 2.87. The van der Waals surface area contributed by atoms with Crippen LogP contribution < -0.4 is 5.43 Å². The fourth-order valence-electron chi connectivity index (χ4n) is 3.04. The summed E-state index contributed by atoms with van der Waals surface area (Å²) in [6.45, 7) is 0. The van der Waals surface area contributed by atoms with Crippen LogP contribution in [-0.4, -0.2) is 4.98 Å². The van der Waals surface area contributed by atoms with Crippen LogP contribution in [0.3, 0.4) is 0 Å². The van der Waals surface area contributed by atoms with E-state index in [2.05, 4.69) is 17.1 Å². The van der Waals surface area contributed by atoms with Crippen molar-refractivity contribution in [1.82, 2.24) is 4.98 Å². The number of H-pyrrole nitrogens is 1. The minimum Gasteiger partial charge on any atom is -0.357 e. The predicted molar refractivity (Wildman–Crippen MR) is 74.1 cm³/mol. The Hall–Kier alpha value is -2.09. The number of aromatic nitrogens is 1. The first-order valence-corrected chi connectivity index (χ1v) is 6.40. The van der Waals surface area contributed by atoms with Gasteiger partial charge in [-0.25, -0.2) is 0 Å². The molecule has 0 amide bonds. The summed E-state index contributed by atoms with van der Waals surface area (Å²) in [5.41, 5.74) is 3.36. The van der Waals surface area contributed by atoms with Crippen LogP contribution in [0.1, 0.15) is 17.7 Å². The minimum absolute atomic E-state index is 0.224. The molecule has 4 rings (SSSR count). The fraction of sp³-hybridized carbons (Fsp3) is 0.188. The highest BCUT2D eigenvalue weighted by Crippen LogP contribution is 2.25. The van der Waals surface area contributed by atoms with E-state index in [0.717, 1.165) is 46.8 Å². The first-order chi connectivity index (χ1) is 8.84. The zero-order chi connectivity index (χ0) is 12.1. The normalized spacial score (nSPS) is 14.2. The topological polar surface area (TPSA) is 32.9 Å². The molecule has 88 valence electrons. The lowest BCUT2D eigenvalue weighted by Crippen LogP contribution is -2.10. The van der Waals surface area contributed by atoms with Crippen molar-refractivity contribution in [3.8, 4) is 0 Å². The van der Waals surface area contributed by atoms with Gasteiger partial charge in [0.25, 0.3) is 0 Å². The van der Waals surface area contributed by atoms with Crippen molar-refractivity contribution in [3.05, 3.63) is 57.9 Å². The molecule has 0 saturated carbocycles. The van der Waals surface area contributed by atoms with Crippen molar-refractivity contribution >= 4 is 21.7 Å². The Bertz CT molecular complexity index is 829. The van der Waals surface area contributed by atoms with Crippen LogP contribution in [0.25, 0.3) is 21.7 Å². The van der Waals surface area contributed by atoms with Gasteiger partial charge < -0.3 is 4.98 Å². The van der Waals surface area contributed by atoms with E-state index in [1.807, 2.05) is 24.3 Å². The van der Waals surface area contributed by atoms with Gasteiger partial charge in [0.05, 0.1) is 5.52 Å². The van der Waals surface area contributed by atoms with Crippen LogP contribution >= 0.6 is 0 Å². The molecule has 1 aromatic heterocycles. The lowest BCUT2D eigenvalue weighted by atomic mass is 10.0. The maximum absolute atomic E-state index is 12.4. The molecule has 1 aliphatic carbocycles. The van der Waals surface area contributed by atoms with Crippen molar-refractivity contribution in [1.29, 1.82) is 0 Å². The second kappa shape index (κ2) is 3.45. The van der Waals surface area contributed by atoms with Crippen LogP contribution in [-0.2, 0) is 12.8 Å². The number of hydrogen-bond acceptors (Lipinski definition) is 1. The summed E-state index contributed by atoms with van der Waals surface area (Å²) >= 11 is 0. The van der Waals surface area contributed by atoms with Gasteiger partial charge in [-0.3, -0.25) is 4.79 Å². The van der Waals surface area contributed by atoms with Crippen molar-refractivity contribution in [2.24, 2.45) is 0 Å².